The maximum absolute atomic E-state index is 5.68. The zero-order valence-electron chi connectivity index (χ0n) is 10.9. The lowest BCUT2D eigenvalue weighted by Crippen LogP contribution is -2.30. The maximum Gasteiger partial charge on any atom is 0.119 e. The number of hydrogen-bond acceptors (Lipinski definition) is 4. The van der Waals surface area contributed by atoms with Crippen molar-refractivity contribution >= 4 is 11.8 Å². The molecular weight excluding hydrogens is 244 g/mol. The van der Waals surface area contributed by atoms with Crippen LogP contribution in [0.1, 0.15) is 37.3 Å². The number of benzene rings is 1. The third-order valence-electron chi connectivity index (χ3n) is 3.50. The molecule has 1 aliphatic carbocycles. The van der Waals surface area contributed by atoms with Crippen molar-refractivity contribution in [1.82, 2.24) is 5.43 Å². The molecular formula is C14H22N2OS. The van der Waals surface area contributed by atoms with Crippen LogP contribution >= 0.6 is 11.8 Å². The quantitative estimate of drug-likeness (QED) is 0.614. The SMILES string of the molecule is COc1cccc(C(CSC2CCCC2)NN)c1. The molecule has 1 fully saturated rings. The van der Waals surface area contributed by atoms with Crippen molar-refractivity contribution in [3.63, 3.8) is 0 Å². The molecule has 0 amide bonds. The van der Waals surface area contributed by atoms with Gasteiger partial charge in [0.25, 0.3) is 0 Å². The van der Waals surface area contributed by atoms with E-state index >= 15 is 0 Å². The van der Waals surface area contributed by atoms with Crippen molar-refractivity contribution in [1.29, 1.82) is 0 Å². The molecule has 3 N–H and O–H groups in total. The predicted octanol–water partition coefficient (Wildman–Crippen LogP) is 2.88. The summed E-state index contributed by atoms with van der Waals surface area (Å²) in [4.78, 5) is 0. The normalized spacial score (nSPS) is 17.9. The number of hydrogen-bond donors (Lipinski definition) is 2. The summed E-state index contributed by atoms with van der Waals surface area (Å²) in [5.41, 5.74) is 4.11. The number of thioether (sulfide) groups is 1. The molecule has 4 heteroatoms. The summed E-state index contributed by atoms with van der Waals surface area (Å²) in [6, 6.07) is 8.33. The van der Waals surface area contributed by atoms with Crippen molar-refractivity contribution in [2.24, 2.45) is 5.84 Å². The van der Waals surface area contributed by atoms with E-state index < -0.39 is 0 Å². The molecule has 2 rings (SSSR count). The highest BCUT2D eigenvalue weighted by atomic mass is 32.2. The lowest BCUT2D eigenvalue weighted by molar-refractivity contribution is 0.413. The number of ether oxygens (including phenoxy) is 1. The first kappa shape index (κ1) is 13.7. The maximum atomic E-state index is 5.68. The molecule has 1 unspecified atom stereocenters. The Morgan fingerprint density at radius 2 is 2.22 bits per heavy atom. The van der Waals surface area contributed by atoms with Crippen LogP contribution < -0.4 is 16.0 Å². The Balaban J connectivity index is 1.93. The highest BCUT2D eigenvalue weighted by Gasteiger charge is 2.18. The molecule has 1 atom stereocenters. The monoisotopic (exact) mass is 266 g/mol. The zero-order chi connectivity index (χ0) is 12.8. The Morgan fingerprint density at radius 1 is 1.44 bits per heavy atom. The minimum atomic E-state index is 0.200. The van der Waals surface area contributed by atoms with Gasteiger partial charge in [0.1, 0.15) is 5.75 Å². The Bertz CT molecular complexity index is 367. The fraction of sp³-hybridized carbons (Fsp3) is 0.571. The average molecular weight is 266 g/mol. The number of methoxy groups -OCH3 is 1. The van der Waals surface area contributed by atoms with Crippen molar-refractivity contribution in [3.8, 4) is 5.75 Å². The Hall–Kier alpha value is -0.710. The summed E-state index contributed by atoms with van der Waals surface area (Å²) in [6.45, 7) is 0. The number of hydrazine groups is 1. The third kappa shape index (κ3) is 3.64. The van der Waals surface area contributed by atoms with Crippen LogP contribution in [0.25, 0.3) is 0 Å². The topological polar surface area (TPSA) is 47.3 Å². The van der Waals surface area contributed by atoms with Crippen LogP contribution in [0.2, 0.25) is 0 Å². The van der Waals surface area contributed by atoms with E-state index in [0.29, 0.717) is 0 Å². The molecule has 3 nitrogen and oxygen atoms in total. The standard InChI is InChI=1S/C14H22N2OS/c1-17-12-6-4-5-11(9-12)14(16-15)10-18-13-7-2-3-8-13/h4-6,9,13-14,16H,2-3,7-8,10,15H2,1H3. The van der Waals surface area contributed by atoms with Gasteiger partial charge < -0.3 is 4.74 Å². The molecule has 1 aromatic carbocycles. The molecule has 0 aliphatic heterocycles. The smallest absolute Gasteiger partial charge is 0.119 e. The average Bonchev–Trinajstić information content (AvgIpc) is 2.93. The van der Waals surface area contributed by atoms with Gasteiger partial charge in [-0.3, -0.25) is 11.3 Å². The number of rotatable bonds is 6. The fourth-order valence-corrected chi connectivity index (χ4v) is 3.81. The molecule has 1 aliphatic rings. The van der Waals surface area contributed by atoms with E-state index in [0.717, 1.165) is 16.8 Å². The summed E-state index contributed by atoms with van der Waals surface area (Å²) in [5, 5.41) is 0.825. The zero-order valence-corrected chi connectivity index (χ0v) is 11.7. The molecule has 0 heterocycles. The molecule has 100 valence electrons. The highest BCUT2D eigenvalue weighted by molar-refractivity contribution is 7.99. The van der Waals surface area contributed by atoms with Gasteiger partial charge in [0.2, 0.25) is 0 Å². The van der Waals surface area contributed by atoms with Gasteiger partial charge in [0, 0.05) is 11.0 Å². The van der Waals surface area contributed by atoms with Crippen LogP contribution in [0.4, 0.5) is 0 Å². The second-order valence-corrected chi connectivity index (χ2v) is 6.07. The van der Waals surface area contributed by atoms with Crippen LogP contribution in [0.3, 0.4) is 0 Å². The van der Waals surface area contributed by atoms with Gasteiger partial charge >= 0.3 is 0 Å². The van der Waals surface area contributed by atoms with Gasteiger partial charge in [0.05, 0.1) is 13.2 Å². The minimum absolute atomic E-state index is 0.200. The van der Waals surface area contributed by atoms with Crippen molar-refractivity contribution < 1.29 is 4.74 Å². The molecule has 0 aromatic heterocycles. The van der Waals surface area contributed by atoms with Crippen LogP contribution in [-0.4, -0.2) is 18.1 Å². The van der Waals surface area contributed by atoms with Gasteiger partial charge in [-0.25, -0.2) is 0 Å². The summed E-state index contributed by atoms with van der Waals surface area (Å²) in [5.74, 6) is 7.59. The highest BCUT2D eigenvalue weighted by Crippen LogP contribution is 2.32. The van der Waals surface area contributed by atoms with Gasteiger partial charge in [-0.05, 0) is 30.5 Å². The summed E-state index contributed by atoms with van der Waals surface area (Å²) in [6.07, 6.45) is 5.50. The number of nitrogens with one attached hydrogen (secondary N) is 1. The van der Waals surface area contributed by atoms with E-state index in [9.17, 15) is 0 Å². The van der Waals surface area contributed by atoms with E-state index in [4.69, 9.17) is 10.6 Å². The van der Waals surface area contributed by atoms with Crippen molar-refractivity contribution in [3.05, 3.63) is 29.8 Å². The van der Waals surface area contributed by atoms with E-state index in [1.807, 2.05) is 23.9 Å². The third-order valence-corrected chi connectivity index (χ3v) is 4.97. The molecule has 18 heavy (non-hydrogen) atoms. The summed E-state index contributed by atoms with van der Waals surface area (Å²) in [7, 11) is 1.69. The predicted molar refractivity (Wildman–Crippen MR) is 77.8 cm³/mol. The van der Waals surface area contributed by atoms with Crippen LogP contribution in [0.15, 0.2) is 24.3 Å². The van der Waals surface area contributed by atoms with Crippen LogP contribution in [0, 0.1) is 0 Å². The van der Waals surface area contributed by atoms with E-state index in [1.54, 1.807) is 7.11 Å². The van der Waals surface area contributed by atoms with Gasteiger partial charge in [-0.1, -0.05) is 25.0 Å². The Morgan fingerprint density at radius 3 is 2.89 bits per heavy atom. The molecule has 0 radical (unpaired) electrons. The first-order chi connectivity index (χ1) is 8.83. The van der Waals surface area contributed by atoms with Gasteiger partial charge in [0.15, 0.2) is 0 Å². The Labute approximate surface area is 113 Å². The number of nitrogens with two attached hydrogens (primary N) is 1. The van der Waals surface area contributed by atoms with Gasteiger partial charge in [-0.2, -0.15) is 11.8 Å². The molecule has 1 saturated carbocycles. The lowest BCUT2D eigenvalue weighted by Gasteiger charge is -2.18. The van der Waals surface area contributed by atoms with E-state index in [-0.39, 0.29) is 6.04 Å². The molecule has 0 saturated heterocycles. The van der Waals surface area contributed by atoms with Crippen LogP contribution in [0.5, 0.6) is 5.75 Å². The summed E-state index contributed by atoms with van der Waals surface area (Å²) >= 11 is 2.04. The first-order valence-electron chi connectivity index (χ1n) is 6.55. The fourth-order valence-electron chi connectivity index (χ4n) is 2.39. The summed E-state index contributed by atoms with van der Waals surface area (Å²) < 4.78 is 5.25. The second-order valence-electron chi connectivity index (χ2n) is 4.74. The van der Waals surface area contributed by atoms with Crippen molar-refractivity contribution in [2.75, 3.05) is 12.9 Å². The second kappa shape index (κ2) is 7.02. The molecule has 0 spiro atoms. The van der Waals surface area contributed by atoms with Gasteiger partial charge in [-0.15, -0.1) is 0 Å². The van der Waals surface area contributed by atoms with E-state index in [2.05, 4.69) is 17.6 Å². The minimum Gasteiger partial charge on any atom is -0.497 e. The lowest BCUT2D eigenvalue weighted by atomic mass is 10.1. The largest absolute Gasteiger partial charge is 0.497 e. The first-order valence-corrected chi connectivity index (χ1v) is 7.60. The van der Waals surface area contributed by atoms with Crippen molar-refractivity contribution in [2.45, 2.75) is 37.0 Å². The Kier molecular flexibility index (Phi) is 5.35. The molecule has 1 aromatic rings. The van der Waals surface area contributed by atoms with Crippen LogP contribution in [-0.2, 0) is 0 Å². The van der Waals surface area contributed by atoms with E-state index in [1.165, 1.54) is 31.2 Å². The molecule has 0 bridgehead atoms.